The van der Waals surface area contributed by atoms with Crippen molar-refractivity contribution in [2.45, 2.75) is 373 Å². The van der Waals surface area contributed by atoms with Gasteiger partial charge < -0.3 is 20.1 Å². The highest BCUT2D eigenvalue weighted by atomic mass is 31.2. The van der Waals surface area contributed by atoms with Crippen LogP contribution in [0.2, 0.25) is 0 Å². The van der Waals surface area contributed by atoms with Gasteiger partial charge in [0.2, 0.25) is 0 Å². The maximum atomic E-state index is 12.8. The molecule has 0 aromatic heterocycles. The second-order valence-corrected chi connectivity index (χ2v) is 25.2. The molecule has 80 heavy (non-hydrogen) atoms. The minimum Gasteiger partial charge on any atom is -0.462 e. The molecule has 0 bridgehead atoms. The summed E-state index contributed by atoms with van der Waals surface area (Å²) in [6, 6.07) is 0. The zero-order chi connectivity index (χ0) is 58.0. The third kappa shape index (κ3) is 65.4. The van der Waals surface area contributed by atoms with E-state index in [9.17, 15) is 19.0 Å². The number of phosphoric ester groups is 1. The fourth-order valence-electron chi connectivity index (χ4n) is 10.6. The summed E-state index contributed by atoms with van der Waals surface area (Å²) >= 11 is 0. The van der Waals surface area contributed by atoms with E-state index >= 15 is 0 Å². The first kappa shape index (κ1) is 78.2. The predicted molar refractivity (Wildman–Crippen MR) is 344 cm³/mol. The molecule has 0 radical (unpaired) electrons. The van der Waals surface area contributed by atoms with Gasteiger partial charge in [-0.25, -0.2) is 4.57 Å². The Hall–Kier alpha value is -1.77. The van der Waals surface area contributed by atoms with Crippen molar-refractivity contribution in [3.05, 3.63) is 36.5 Å². The molecule has 0 amide bonds. The van der Waals surface area contributed by atoms with Gasteiger partial charge in [0.15, 0.2) is 6.10 Å². The largest absolute Gasteiger partial charge is 0.472 e. The van der Waals surface area contributed by atoms with Crippen LogP contribution < -0.4 is 5.73 Å². The van der Waals surface area contributed by atoms with Gasteiger partial charge in [-0.1, -0.05) is 339 Å². The van der Waals surface area contributed by atoms with Gasteiger partial charge in [-0.3, -0.25) is 18.6 Å². The summed E-state index contributed by atoms with van der Waals surface area (Å²) in [6.07, 6.45) is 82.4. The molecule has 0 rings (SSSR count). The third-order valence-corrected chi connectivity index (χ3v) is 16.8. The van der Waals surface area contributed by atoms with E-state index in [1.165, 1.54) is 283 Å². The number of allylic oxidation sites excluding steroid dienone is 6. The van der Waals surface area contributed by atoms with Gasteiger partial charge in [-0.2, -0.15) is 0 Å². The maximum absolute atomic E-state index is 12.8. The number of carbonyl (C=O) groups excluding carboxylic acids is 2. The van der Waals surface area contributed by atoms with Crippen LogP contribution in [0.3, 0.4) is 0 Å². The van der Waals surface area contributed by atoms with E-state index in [2.05, 4.69) is 50.3 Å². The van der Waals surface area contributed by atoms with E-state index in [1.54, 1.807) is 0 Å². The minimum atomic E-state index is -4.39. The van der Waals surface area contributed by atoms with E-state index in [0.717, 1.165) is 51.4 Å². The molecule has 472 valence electrons. The molecule has 0 fully saturated rings. The highest BCUT2D eigenvalue weighted by Crippen LogP contribution is 2.43. The lowest BCUT2D eigenvalue weighted by atomic mass is 10.0. The highest BCUT2D eigenvalue weighted by Gasteiger charge is 2.26. The Morgan fingerprint density at radius 3 is 0.963 bits per heavy atom. The first-order valence-corrected chi connectivity index (χ1v) is 36.5. The normalized spacial score (nSPS) is 13.1. The molecule has 0 aromatic rings. The summed E-state index contributed by atoms with van der Waals surface area (Å²) < 4.78 is 33.2. The van der Waals surface area contributed by atoms with Gasteiger partial charge in [0, 0.05) is 19.4 Å². The molecule has 0 spiro atoms. The van der Waals surface area contributed by atoms with Gasteiger partial charge in [0.25, 0.3) is 0 Å². The number of nitrogens with two attached hydrogens (primary N) is 1. The Morgan fingerprint density at radius 2 is 0.650 bits per heavy atom. The average molecular weight is 1150 g/mol. The Bertz CT molecular complexity index is 1400. The van der Waals surface area contributed by atoms with Crippen LogP contribution in [0.4, 0.5) is 0 Å². The van der Waals surface area contributed by atoms with Crippen LogP contribution in [0.5, 0.6) is 0 Å². The number of ether oxygens (including phenoxy) is 2. The SMILES string of the molecule is CCCCCCC/C=C\C/C=C\C/C=C\CCCCCCCCCCCCCCC(=O)OC(COC(=O)CCCCCCCCCCCCCCCCCCCCCCCCCCCCCCCCCC)COP(=O)(O)OCCN. The number of unbranched alkanes of at least 4 members (excludes halogenated alkanes) is 48. The van der Waals surface area contributed by atoms with Crippen LogP contribution in [-0.2, 0) is 32.7 Å². The molecular formula is C70H134NO8P. The van der Waals surface area contributed by atoms with E-state index in [4.69, 9.17) is 24.3 Å². The minimum absolute atomic E-state index is 0.0548. The highest BCUT2D eigenvalue weighted by molar-refractivity contribution is 7.47. The van der Waals surface area contributed by atoms with Gasteiger partial charge in [-0.15, -0.1) is 0 Å². The predicted octanol–water partition coefficient (Wildman–Crippen LogP) is 22.7. The summed E-state index contributed by atoms with van der Waals surface area (Å²) in [4.78, 5) is 35.3. The number of esters is 2. The summed E-state index contributed by atoms with van der Waals surface area (Å²) in [5, 5.41) is 0. The smallest absolute Gasteiger partial charge is 0.462 e. The van der Waals surface area contributed by atoms with E-state index in [-0.39, 0.29) is 38.6 Å². The topological polar surface area (TPSA) is 134 Å². The van der Waals surface area contributed by atoms with Crippen molar-refractivity contribution in [3.8, 4) is 0 Å². The molecule has 0 aliphatic rings. The molecule has 2 atom stereocenters. The van der Waals surface area contributed by atoms with E-state index in [1.807, 2.05) is 0 Å². The number of rotatable bonds is 67. The summed E-state index contributed by atoms with van der Waals surface area (Å²) in [5.41, 5.74) is 5.40. The molecule has 0 heterocycles. The summed E-state index contributed by atoms with van der Waals surface area (Å²) in [7, 11) is -4.39. The molecule has 0 saturated heterocycles. The molecule has 0 aliphatic carbocycles. The number of hydrogen-bond acceptors (Lipinski definition) is 8. The molecular weight excluding hydrogens is 1010 g/mol. The maximum Gasteiger partial charge on any atom is 0.472 e. The lowest BCUT2D eigenvalue weighted by molar-refractivity contribution is -0.161. The zero-order valence-electron chi connectivity index (χ0n) is 53.1. The Morgan fingerprint density at radius 1 is 0.375 bits per heavy atom. The lowest BCUT2D eigenvalue weighted by Crippen LogP contribution is -2.29. The number of phosphoric acid groups is 1. The van der Waals surface area contributed by atoms with Crippen LogP contribution >= 0.6 is 7.82 Å². The zero-order valence-corrected chi connectivity index (χ0v) is 54.0. The van der Waals surface area contributed by atoms with Crippen LogP contribution in [0.1, 0.15) is 367 Å². The molecule has 3 N–H and O–H groups in total. The fraction of sp³-hybridized carbons (Fsp3) is 0.886. The third-order valence-electron chi connectivity index (χ3n) is 15.8. The van der Waals surface area contributed by atoms with Crippen molar-refractivity contribution < 1.29 is 37.6 Å². The molecule has 10 heteroatoms. The number of carbonyl (C=O) groups is 2. The Balaban J connectivity index is 3.83. The summed E-state index contributed by atoms with van der Waals surface area (Å²) in [5.74, 6) is -0.810. The average Bonchev–Trinajstić information content (AvgIpc) is 3.45. The standard InChI is InChI=1S/C70H134NO8P/c1-3-5-7-9-11-13-15-17-19-21-23-25-27-29-31-32-33-34-35-37-38-40-42-44-46-48-50-52-54-56-58-60-62-69(72)76-66-68(67-78-80(74,75)77-65-64-71)79-70(73)63-61-59-57-55-53-51-49-47-45-43-41-39-36-30-28-26-24-22-20-18-16-14-12-10-8-6-4-2/h16,18,22,24,28,30,68H,3-15,17,19-21,23,25-27,29,31-67,71H2,1-2H3,(H,74,75)/b18-16-,24-22-,30-28-. The van der Waals surface area contributed by atoms with Gasteiger partial charge in [-0.05, 0) is 51.4 Å². The van der Waals surface area contributed by atoms with Crippen molar-refractivity contribution in [3.63, 3.8) is 0 Å². The molecule has 0 saturated carbocycles. The monoisotopic (exact) mass is 1150 g/mol. The van der Waals surface area contributed by atoms with Crippen molar-refractivity contribution in [2.75, 3.05) is 26.4 Å². The van der Waals surface area contributed by atoms with E-state index < -0.39 is 26.5 Å². The van der Waals surface area contributed by atoms with Gasteiger partial charge in [0.05, 0.1) is 13.2 Å². The van der Waals surface area contributed by atoms with Crippen LogP contribution in [-0.4, -0.2) is 49.3 Å². The number of hydrogen-bond donors (Lipinski definition) is 2. The van der Waals surface area contributed by atoms with Crippen LogP contribution in [0.25, 0.3) is 0 Å². The Labute approximate surface area is 496 Å². The van der Waals surface area contributed by atoms with Gasteiger partial charge in [0.1, 0.15) is 6.61 Å². The quantitative estimate of drug-likeness (QED) is 0.0264. The molecule has 0 aromatic carbocycles. The van der Waals surface area contributed by atoms with Gasteiger partial charge >= 0.3 is 19.8 Å². The van der Waals surface area contributed by atoms with Crippen LogP contribution in [0, 0.1) is 0 Å². The van der Waals surface area contributed by atoms with E-state index in [0.29, 0.717) is 6.42 Å². The lowest BCUT2D eigenvalue weighted by Gasteiger charge is -2.19. The van der Waals surface area contributed by atoms with Crippen LogP contribution in [0.15, 0.2) is 36.5 Å². The van der Waals surface area contributed by atoms with Crippen molar-refractivity contribution in [1.29, 1.82) is 0 Å². The van der Waals surface area contributed by atoms with Crippen molar-refractivity contribution in [2.24, 2.45) is 5.73 Å². The molecule has 0 aliphatic heterocycles. The molecule has 9 nitrogen and oxygen atoms in total. The first-order valence-electron chi connectivity index (χ1n) is 35.0. The Kier molecular flexibility index (Phi) is 64.9. The van der Waals surface area contributed by atoms with Crippen molar-refractivity contribution in [1.82, 2.24) is 0 Å². The second kappa shape index (κ2) is 66.4. The fourth-order valence-corrected chi connectivity index (χ4v) is 11.4. The molecule has 2 unspecified atom stereocenters. The second-order valence-electron chi connectivity index (χ2n) is 23.8. The first-order chi connectivity index (χ1) is 39.3. The van der Waals surface area contributed by atoms with Crippen molar-refractivity contribution >= 4 is 19.8 Å². The summed E-state index contributed by atoms with van der Waals surface area (Å²) in [6.45, 7) is 3.80.